The van der Waals surface area contributed by atoms with E-state index in [2.05, 4.69) is 11.5 Å². The quantitative estimate of drug-likeness (QED) is 0.286. The lowest BCUT2D eigenvalue weighted by Crippen LogP contribution is -2.03. The van der Waals surface area contributed by atoms with Crippen LogP contribution in [-0.2, 0) is 19.2 Å². The molecule has 8 heteroatoms. The number of amides is 2. The molecule has 0 saturated carbocycles. The normalized spacial score (nSPS) is 6.15. The molecule has 0 aliphatic rings. The Kier molecular flexibility index (Phi) is 21.7. The van der Waals surface area contributed by atoms with E-state index in [-0.39, 0.29) is 12.8 Å². The lowest BCUT2D eigenvalue weighted by molar-refractivity contribution is -0.147. The summed E-state index contributed by atoms with van der Waals surface area (Å²) in [6.07, 6.45) is -0.306. The largest absolute Gasteiger partial charge is 0.481 e. The fraction of sp³-hybridized carbons (Fsp3) is 0.200. The summed E-state index contributed by atoms with van der Waals surface area (Å²) in [6.45, 7) is 0. The fourth-order valence-corrected chi connectivity index (χ4v) is 0.129. The van der Waals surface area contributed by atoms with Gasteiger partial charge in [-0.3, -0.25) is 19.2 Å². The molecule has 0 radical (unpaired) electrons. The molecule has 0 fully saturated rings. The van der Waals surface area contributed by atoms with E-state index >= 15 is 0 Å². The first kappa shape index (κ1) is 17.1. The third-order valence-electron chi connectivity index (χ3n) is 0.302. The van der Waals surface area contributed by atoms with E-state index in [1.54, 1.807) is 0 Å². The zero-order chi connectivity index (χ0) is 11.3. The van der Waals surface area contributed by atoms with Crippen LogP contribution in [0.25, 0.3) is 0 Å². The van der Waals surface area contributed by atoms with Crippen LogP contribution < -0.4 is 11.5 Å². The van der Waals surface area contributed by atoms with E-state index in [0.717, 1.165) is 0 Å². The maximum atomic E-state index is 9.43. The van der Waals surface area contributed by atoms with E-state index in [1.807, 2.05) is 0 Å². The summed E-state index contributed by atoms with van der Waals surface area (Å²) in [5, 5.41) is 15.4. The molecule has 0 unspecified atom stereocenters. The van der Waals surface area contributed by atoms with Gasteiger partial charge in [-0.25, -0.2) is 0 Å². The van der Waals surface area contributed by atoms with Gasteiger partial charge < -0.3 is 21.7 Å². The van der Waals surface area contributed by atoms with E-state index in [4.69, 9.17) is 19.8 Å². The summed E-state index contributed by atoms with van der Waals surface area (Å²) < 4.78 is 0. The van der Waals surface area contributed by atoms with Gasteiger partial charge >= 0.3 is 11.9 Å². The molecule has 0 atom stereocenters. The minimum Gasteiger partial charge on any atom is -0.481 e. The molecule has 0 aromatic heterocycles. The molecule has 0 bridgehead atoms. The van der Waals surface area contributed by atoms with Crippen LogP contribution in [0.4, 0.5) is 0 Å². The van der Waals surface area contributed by atoms with Gasteiger partial charge in [0.2, 0.25) is 12.8 Å². The van der Waals surface area contributed by atoms with Crippen LogP contribution in [0.2, 0.25) is 0 Å². The average Bonchev–Trinajstić information content (AvgIpc) is 1.86. The van der Waals surface area contributed by atoms with Crippen LogP contribution in [0.5, 0.6) is 0 Å². The van der Waals surface area contributed by atoms with Crippen LogP contribution in [0.3, 0.4) is 0 Å². The first-order valence-electron chi connectivity index (χ1n) is 2.70. The zero-order valence-corrected chi connectivity index (χ0v) is 6.54. The van der Waals surface area contributed by atoms with E-state index in [9.17, 15) is 9.59 Å². The van der Waals surface area contributed by atoms with Crippen molar-refractivity contribution < 1.29 is 29.4 Å². The Morgan fingerprint density at radius 1 is 1.00 bits per heavy atom. The van der Waals surface area contributed by atoms with Gasteiger partial charge in [-0.2, -0.15) is 0 Å². The molecule has 0 aromatic carbocycles. The number of carboxylic acid groups (broad SMARTS) is 2. The lowest BCUT2D eigenvalue weighted by atomic mass is 10.5. The number of carbonyl (C=O) groups is 4. The monoisotopic (exact) mass is 194 g/mol. The minimum absolute atomic E-state index is 0.250. The number of carboxylic acids is 2. The van der Waals surface area contributed by atoms with E-state index in [1.165, 1.54) is 0 Å². The zero-order valence-electron chi connectivity index (χ0n) is 6.54. The second-order valence-corrected chi connectivity index (χ2v) is 1.24. The van der Waals surface area contributed by atoms with Gasteiger partial charge in [0.05, 0.1) is 0 Å². The smallest absolute Gasteiger partial charge is 0.314 e. The fourth-order valence-electron chi connectivity index (χ4n) is 0.129. The van der Waals surface area contributed by atoms with Crippen molar-refractivity contribution in [1.82, 2.24) is 0 Å². The first-order chi connectivity index (χ1) is 5.95. The topological polar surface area (TPSA) is 161 Å². The molecule has 0 aliphatic heterocycles. The highest BCUT2D eigenvalue weighted by Crippen LogP contribution is 1.74. The van der Waals surface area contributed by atoms with Gasteiger partial charge in [-0.05, 0) is 0 Å². The van der Waals surface area contributed by atoms with Crippen molar-refractivity contribution in [3.63, 3.8) is 0 Å². The molecule has 8 nitrogen and oxygen atoms in total. The van der Waals surface area contributed by atoms with Crippen LogP contribution >= 0.6 is 0 Å². The maximum Gasteiger partial charge on any atom is 0.314 e. The van der Waals surface area contributed by atoms with Gasteiger partial charge in [0, 0.05) is 0 Å². The number of nitrogens with two attached hydrogens (primary N) is 2. The summed E-state index contributed by atoms with van der Waals surface area (Å²) in [5.41, 5.74) is 8.33. The highest BCUT2D eigenvalue weighted by molar-refractivity contribution is 5.88. The Hall–Kier alpha value is -2.12. The average molecular weight is 194 g/mol. The third-order valence-corrected chi connectivity index (χ3v) is 0.302. The van der Waals surface area contributed by atoms with Crippen molar-refractivity contribution in [3.05, 3.63) is 0 Å². The SMILES string of the molecule is NC=O.NC=O.O=C(O)CC(=O)O. The summed E-state index contributed by atoms with van der Waals surface area (Å²) in [5.74, 6) is -2.62. The van der Waals surface area contributed by atoms with Crippen LogP contribution in [0.15, 0.2) is 0 Å². The van der Waals surface area contributed by atoms with Gasteiger partial charge in [0.15, 0.2) is 0 Å². The molecule has 0 rings (SSSR count). The molecule has 0 spiro atoms. The highest BCUT2D eigenvalue weighted by atomic mass is 16.4. The predicted molar refractivity (Wildman–Crippen MR) is 40.4 cm³/mol. The number of rotatable bonds is 2. The van der Waals surface area contributed by atoms with Crippen LogP contribution in [0.1, 0.15) is 6.42 Å². The molecule has 6 N–H and O–H groups in total. The molecule has 0 aromatic rings. The Morgan fingerprint density at radius 2 is 1.15 bits per heavy atom. The Labute approximate surface area is 73.1 Å². The molecule has 2 amide bonds. The van der Waals surface area contributed by atoms with E-state index in [0.29, 0.717) is 0 Å². The van der Waals surface area contributed by atoms with E-state index < -0.39 is 18.4 Å². The maximum absolute atomic E-state index is 9.43. The highest BCUT2D eigenvalue weighted by Gasteiger charge is 2.01. The van der Waals surface area contributed by atoms with Crippen molar-refractivity contribution in [3.8, 4) is 0 Å². The summed E-state index contributed by atoms with van der Waals surface area (Å²) in [4.78, 5) is 36.0. The Bertz CT molecular complexity index is 150. The molecule has 0 heterocycles. The van der Waals surface area contributed by atoms with Crippen molar-refractivity contribution in [2.45, 2.75) is 6.42 Å². The number of carbonyl (C=O) groups excluding carboxylic acids is 2. The number of aliphatic carboxylic acids is 2. The molecule has 0 saturated heterocycles. The van der Waals surface area contributed by atoms with Crippen molar-refractivity contribution in [2.24, 2.45) is 11.5 Å². The number of hydrogen-bond acceptors (Lipinski definition) is 4. The van der Waals surface area contributed by atoms with Crippen molar-refractivity contribution in [1.29, 1.82) is 0 Å². The molecule has 13 heavy (non-hydrogen) atoms. The number of hydrogen-bond donors (Lipinski definition) is 4. The first-order valence-corrected chi connectivity index (χ1v) is 2.70. The summed E-state index contributed by atoms with van der Waals surface area (Å²) in [6, 6.07) is 0. The molecule has 0 aliphatic carbocycles. The molecular formula is C5H10N2O6. The standard InChI is InChI=1S/C3H4O4.2CH3NO/c4-2(5)1-3(6)7;2*2-1-3/h1H2,(H,4,5)(H,6,7);2*1H,(H2,2,3). The van der Waals surface area contributed by atoms with Crippen molar-refractivity contribution >= 4 is 24.8 Å². The number of primary amides is 2. The van der Waals surface area contributed by atoms with Gasteiger partial charge in [-0.15, -0.1) is 0 Å². The minimum atomic E-state index is -1.31. The van der Waals surface area contributed by atoms with Crippen molar-refractivity contribution in [2.75, 3.05) is 0 Å². The Morgan fingerprint density at radius 3 is 1.15 bits per heavy atom. The van der Waals surface area contributed by atoms with Gasteiger partial charge in [-0.1, -0.05) is 0 Å². The second kappa shape index (κ2) is 16.5. The Balaban J connectivity index is -0.000000140. The second-order valence-electron chi connectivity index (χ2n) is 1.24. The molecule has 76 valence electrons. The van der Waals surface area contributed by atoms with Crippen LogP contribution in [-0.4, -0.2) is 35.0 Å². The summed E-state index contributed by atoms with van der Waals surface area (Å²) >= 11 is 0. The van der Waals surface area contributed by atoms with Gasteiger partial charge in [0.1, 0.15) is 6.42 Å². The lowest BCUT2D eigenvalue weighted by Gasteiger charge is -1.80. The predicted octanol–water partition coefficient (Wildman–Crippen LogP) is -2.25. The summed E-state index contributed by atoms with van der Waals surface area (Å²) in [7, 11) is 0. The third kappa shape index (κ3) is 174. The molecular weight excluding hydrogens is 184 g/mol. The van der Waals surface area contributed by atoms with Gasteiger partial charge in [0.25, 0.3) is 0 Å². The van der Waals surface area contributed by atoms with Crippen LogP contribution in [0, 0.1) is 0 Å².